The molecule has 4 heterocycles. The van der Waals surface area contributed by atoms with Crippen molar-refractivity contribution in [2.24, 2.45) is 0 Å². The highest BCUT2D eigenvalue weighted by molar-refractivity contribution is 9.10. The van der Waals surface area contributed by atoms with Crippen molar-refractivity contribution in [3.05, 3.63) is 58.1 Å². The molecule has 12 heteroatoms. The number of phenols is 1. The first-order chi connectivity index (χ1) is 21.9. The van der Waals surface area contributed by atoms with Gasteiger partial charge >= 0.3 is 12.1 Å². The first-order valence-corrected chi connectivity index (χ1v) is 17.0. The monoisotopic (exact) mass is 684 g/mol. The van der Waals surface area contributed by atoms with Gasteiger partial charge in [0.25, 0.3) is 5.91 Å². The molecule has 3 fully saturated rings. The van der Waals surface area contributed by atoms with Crippen LogP contribution in [0.4, 0.5) is 15.3 Å². The molecule has 0 unspecified atom stereocenters. The molecule has 4 aliphatic heterocycles. The maximum Gasteiger partial charge on any atom is 0.410 e. The normalized spacial score (nSPS) is 21.1. The van der Waals surface area contributed by atoms with Crippen LogP contribution in [-0.4, -0.2) is 120 Å². The Kier molecular flexibility index (Phi) is 10.1. The van der Waals surface area contributed by atoms with Crippen molar-refractivity contribution in [1.29, 1.82) is 0 Å². The minimum Gasteiger partial charge on any atom is -0.507 e. The number of carbonyl (C=O) groups excluding carboxylic acids is 3. The van der Waals surface area contributed by atoms with Crippen molar-refractivity contribution in [2.45, 2.75) is 56.7 Å². The van der Waals surface area contributed by atoms with Crippen LogP contribution in [0.25, 0.3) is 0 Å². The van der Waals surface area contributed by atoms with Crippen molar-refractivity contribution in [3.63, 3.8) is 0 Å². The van der Waals surface area contributed by atoms with E-state index >= 15 is 0 Å². The fourth-order valence-electron chi connectivity index (χ4n) is 7.05. The average Bonchev–Trinajstić information content (AvgIpc) is 3.24. The number of likely N-dealkylation sites (tertiary alicyclic amines) is 1. The van der Waals surface area contributed by atoms with E-state index in [1.165, 1.54) is 0 Å². The minimum absolute atomic E-state index is 0. The predicted octanol–water partition coefficient (Wildman–Crippen LogP) is 3.90. The van der Waals surface area contributed by atoms with Gasteiger partial charge in [0.05, 0.1) is 4.47 Å². The Morgan fingerprint density at radius 2 is 1.67 bits per heavy atom. The van der Waals surface area contributed by atoms with Gasteiger partial charge in [0.2, 0.25) is 0 Å². The molecular formula is C33H45BrN6O5. The lowest BCUT2D eigenvalue weighted by molar-refractivity contribution is -0.143. The predicted molar refractivity (Wildman–Crippen MR) is 176 cm³/mol. The van der Waals surface area contributed by atoms with Crippen LogP contribution >= 0.6 is 15.9 Å². The fourth-order valence-corrected chi connectivity index (χ4v) is 7.47. The number of benzene rings is 2. The number of rotatable bonds is 6. The van der Waals surface area contributed by atoms with Gasteiger partial charge in [-0.05, 0) is 90.4 Å². The molecule has 3 saturated heterocycles. The minimum atomic E-state index is -0.980. The lowest BCUT2D eigenvalue weighted by Crippen LogP contribution is -2.56. The number of ether oxygens (including phenoxy) is 1. The van der Waals surface area contributed by atoms with E-state index in [0.29, 0.717) is 56.1 Å². The van der Waals surface area contributed by atoms with Crippen molar-refractivity contribution in [1.82, 2.24) is 24.9 Å². The third kappa shape index (κ3) is 7.56. The third-order valence-electron chi connectivity index (χ3n) is 9.71. The highest BCUT2D eigenvalue weighted by Crippen LogP contribution is 2.27. The van der Waals surface area contributed by atoms with E-state index in [0.717, 1.165) is 62.3 Å². The zero-order valence-corrected chi connectivity index (χ0v) is 27.2. The van der Waals surface area contributed by atoms with Crippen LogP contribution in [0.3, 0.4) is 0 Å². The van der Waals surface area contributed by atoms with Gasteiger partial charge in [0, 0.05) is 71.4 Å². The molecule has 2 aromatic rings. The van der Waals surface area contributed by atoms with Gasteiger partial charge in [-0.15, -0.1) is 0 Å². The molecule has 0 spiro atoms. The molecule has 244 valence electrons. The molecule has 0 radical (unpaired) electrons. The zero-order chi connectivity index (χ0) is 31.3. The van der Waals surface area contributed by atoms with Crippen LogP contribution in [0.15, 0.2) is 46.9 Å². The maximum atomic E-state index is 13.9. The molecule has 4 aliphatic rings. The van der Waals surface area contributed by atoms with E-state index in [-0.39, 0.29) is 31.6 Å². The van der Waals surface area contributed by atoms with Crippen molar-refractivity contribution < 1.29 is 25.7 Å². The Balaban J connectivity index is 0.00000417. The molecule has 0 saturated carbocycles. The van der Waals surface area contributed by atoms with Crippen molar-refractivity contribution in [3.8, 4) is 5.75 Å². The summed E-state index contributed by atoms with van der Waals surface area (Å²) in [6, 6.07) is 13.4. The number of piperidine rings is 2. The summed E-state index contributed by atoms with van der Waals surface area (Å²) in [5.41, 5.74) is 2.76. The van der Waals surface area contributed by atoms with Gasteiger partial charge < -0.3 is 35.2 Å². The van der Waals surface area contributed by atoms with Gasteiger partial charge in [-0.25, -0.2) is 9.59 Å². The molecule has 6 rings (SSSR count). The first kappa shape index (κ1) is 31.6. The Morgan fingerprint density at radius 3 is 2.40 bits per heavy atom. The molecule has 4 amide bonds. The number of amides is 4. The highest BCUT2D eigenvalue weighted by Gasteiger charge is 2.36. The topological polar surface area (TPSA) is 118 Å². The molecule has 45 heavy (non-hydrogen) atoms. The molecule has 0 bridgehead atoms. The number of nitrogens with zero attached hydrogens (tertiary/aromatic N) is 4. The number of anilines is 1. The first-order valence-electron chi connectivity index (χ1n) is 16.2. The Bertz CT molecular complexity index is 1380. The molecule has 2 aromatic carbocycles. The van der Waals surface area contributed by atoms with Crippen LogP contribution in [0, 0.1) is 0 Å². The van der Waals surface area contributed by atoms with Crippen LogP contribution in [0.5, 0.6) is 5.75 Å². The number of hydrogen-bond donors (Lipinski definition) is 3. The molecule has 0 aliphatic carbocycles. The summed E-state index contributed by atoms with van der Waals surface area (Å²) in [5, 5.41) is 16.4. The van der Waals surface area contributed by atoms with Gasteiger partial charge in [-0.2, -0.15) is 0 Å². The summed E-state index contributed by atoms with van der Waals surface area (Å²) in [5.74, 6) is -0.0781. The second-order valence-corrected chi connectivity index (χ2v) is 13.3. The number of fused-ring (bicyclic) bond motifs is 1. The van der Waals surface area contributed by atoms with E-state index in [2.05, 4.69) is 31.5 Å². The van der Waals surface area contributed by atoms with Crippen LogP contribution in [-0.2, 0) is 22.4 Å². The van der Waals surface area contributed by atoms with E-state index < -0.39 is 12.2 Å². The zero-order valence-electron chi connectivity index (χ0n) is 25.6. The average molecular weight is 686 g/mol. The van der Waals surface area contributed by atoms with Crippen LogP contribution in [0.2, 0.25) is 0 Å². The lowest BCUT2D eigenvalue weighted by Gasteiger charge is -2.41. The van der Waals surface area contributed by atoms with Crippen LogP contribution < -0.4 is 10.6 Å². The number of hydrogen-bond acceptors (Lipinski definition) is 7. The molecular weight excluding hydrogens is 640 g/mol. The molecule has 3 N–H and O–H groups in total. The van der Waals surface area contributed by atoms with Gasteiger partial charge in [0.15, 0.2) is 6.10 Å². The Labute approximate surface area is 274 Å². The number of para-hydroxylation sites is 1. The second-order valence-electron chi connectivity index (χ2n) is 12.5. The summed E-state index contributed by atoms with van der Waals surface area (Å²) in [7, 11) is 0. The highest BCUT2D eigenvalue weighted by atomic mass is 79.9. The number of aromatic hydroxyl groups is 1. The number of nitrogens with one attached hydrogen (secondary N) is 2. The van der Waals surface area contributed by atoms with Crippen LogP contribution in [0.1, 0.15) is 38.2 Å². The van der Waals surface area contributed by atoms with Gasteiger partial charge in [0.1, 0.15) is 5.75 Å². The quantitative estimate of drug-likeness (QED) is 0.423. The summed E-state index contributed by atoms with van der Waals surface area (Å²) >= 11 is 3.36. The number of phenolic OH excluding ortho intramolecular Hbond substituents is 1. The summed E-state index contributed by atoms with van der Waals surface area (Å²) in [4.78, 5) is 48.2. The maximum absolute atomic E-state index is 13.9. The van der Waals surface area contributed by atoms with E-state index in [1.807, 2.05) is 34.1 Å². The summed E-state index contributed by atoms with van der Waals surface area (Å²) in [6.07, 6.45) is 3.02. The Morgan fingerprint density at radius 1 is 0.933 bits per heavy atom. The van der Waals surface area contributed by atoms with E-state index in [4.69, 9.17) is 4.74 Å². The molecule has 1 atom stereocenters. The molecule has 11 nitrogen and oxygen atoms in total. The van der Waals surface area contributed by atoms with Crippen molar-refractivity contribution in [2.75, 3.05) is 64.2 Å². The molecule has 0 aromatic heterocycles. The van der Waals surface area contributed by atoms with E-state index in [1.54, 1.807) is 23.1 Å². The summed E-state index contributed by atoms with van der Waals surface area (Å²) in [6.45, 7) is 6.40. The smallest absolute Gasteiger partial charge is 0.410 e. The van der Waals surface area contributed by atoms with Gasteiger partial charge in [-0.1, -0.05) is 24.3 Å². The largest absolute Gasteiger partial charge is 0.507 e. The Hall–Kier alpha value is -3.35. The number of halogens is 1. The number of carbonyl (C=O) groups is 3. The van der Waals surface area contributed by atoms with E-state index in [9.17, 15) is 19.5 Å². The second kappa shape index (κ2) is 14.4. The third-order valence-corrected chi connectivity index (χ3v) is 10.3. The number of piperazine rings is 1. The number of urea groups is 1. The lowest BCUT2D eigenvalue weighted by atomic mass is 10.0. The fraction of sp³-hybridized carbons (Fsp3) is 0.545. The standard InChI is InChI=1S/C33H43BrN6O5.H2/c34-27-21-23(5-6-29(27)41)22-30(31(42)38-19-17-37(18-20-38)25-7-12-35-13-8-25)45-33(44)39-14-10-26(11-15-39)40-16-9-24-3-1-2-4-28(24)36-32(40)43;/h1-6,21,25-26,30,35,41H,7-20,22H2,(H,36,43);1H/t30-;/m1./s1. The van der Waals surface area contributed by atoms with Gasteiger partial charge in [-0.3, -0.25) is 9.69 Å². The SMILES string of the molecule is O=C(O[C@H](Cc1ccc(O)c(Br)c1)C(=O)N1CCN(C2CCNCC2)CC1)N1CCC(N2CCc3ccccc3NC2=O)CC1.[HH]. The van der Waals surface area contributed by atoms with Crippen molar-refractivity contribution >= 4 is 39.6 Å². The summed E-state index contributed by atoms with van der Waals surface area (Å²) < 4.78 is 6.51.